The molecule has 2 saturated heterocycles. The fourth-order valence-electron chi connectivity index (χ4n) is 4.71. The molecular formula is C24H35N3O2. The first-order chi connectivity index (χ1) is 13.8. The third kappa shape index (κ3) is 4.20. The number of piperazine rings is 1. The molecule has 0 radical (unpaired) electrons. The van der Waals surface area contributed by atoms with Gasteiger partial charge in [-0.15, -0.1) is 0 Å². The summed E-state index contributed by atoms with van der Waals surface area (Å²) in [4.78, 5) is 31.9. The fraction of sp³-hybridized carbons (Fsp3) is 0.667. The van der Waals surface area contributed by atoms with Gasteiger partial charge in [0.15, 0.2) is 0 Å². The van der Waals surface area contributed by atoms with Gasteiger partial charge >= 0.3 is 0 Å². The second kappa shape index (κ2) is 7.75. The van der Waals surface area contributed by atoms with Crippen LogP contribution < -0.4 is 0 Å². The Kier molecular flexibility index (Phi) is 5.45. The van der Waals surface area contributed by atoms with Crippen molar-refractivity contribution >= 4 is 11.8 Å². The Hall–Kier alpha value is -1.88. The molecule has 3 fully saturated rings. The third-order valence-corrected chi connectivity index (χ3v) is 6.94. The quantitative estimate of drug-likeness (QED) is 0.785. The number of benzene rings is 1. The number of amides is 2. The standard InChI is InChI=1S/C24H35N3O2/c1-23(2,3)19-6-8-20(9-7-19)24(10-11-24)22(29)27-16-14-25(15-17-27)18-21(28)26-12-4-5-13-26/h6-9H,4-5,10-18H2,1-3H3. The average Bonchev–Trinajstić information content (AvgIpc) is 3.33. The largest absolute Gasteiger partial charge is 0.342 e. The first-order valence-corrected chi connectivity index (χ1v) is 11.2. The van der Waals surface area contributed by atoms with E-state index in [1.807, 2.05) is 9.80 Å². The van der Waals surface area contributed by atoms with Crippen LogP contribution in [0.4, 0.5) is 0 Å². The molecule has 0 aromatic heterocycles. The van der Waals surface area contributed by atoms with Crippen LogP contribution in [-0.2, 0) is 20.4 Å². The van der Waals surface area contributed by atoms with Crippen molar-refractivity contribution in [2.24, 2.45) is 0 Å². The zero-order valence-corrected chi connectivity index (χ0v) is 18.2. The molecule has 5 nitrogen and oxygen atoms in total. The molecule has 4 rings (SSSR count). The fourth-order valence-corrected chi connectivity index (χ4v) is 4.71. The van der Waals surface area contributed by atoms with Crippen LogP contribution in [0.2, 0.25) is 0 Å². The summed E-state index contributed by atoms with van der Waals surface area (Å²) in [6.07, 6.45) is 4.17. The normalized spacial score (nSPS) is 22.0. The van der Waals surface area contributed by atoms with Gasteiger partial charge in [0.05, 0.1) is 12.0 Å². The van der Waals surface area contributed by atoms with Crippen molar-refractivity contribution in [2.45, 2.75) is 57.3 Å². The summed E-state index contributed by atoms with van der Waals surface area (Å²) in [7, 11) is 0. The minimum Gasteiger partial charge on any atom is -0.342 e. The maximum Gasteiger partial charge on any atom is 0.236 e. The molecule has 0 atom stereocenters. The van der Waals surface area contributed by atoms with E-state index in [4.69, 9.17) is 0 Å². The lowest BCUT2D eigenvalue weighted by Gasteiger charge is -2.37. The summed E-state index contributed by atoms with van der Waals surface area (Å²) in [5, 5.41) is 0. The number of hydrogen-bond acceptors (Lipinski definition) is 3. The van der Waals surface area contributed by atoms with E-state index in [0.29, 0.717) is 6.54 Å². The van der Waals surface area contributed by atoms with Gasteiger partial charge in [-0.1, -0.05) is 45.0 Å². The Morgan fingerprint density at radius 3 is 1.97 bits per heavy atom. The number of carbonyl (C=O) groups excluding carboxylic acids is 2. The van der Waals surface area contributed by atoms with E-state index in [-0.39, 0.29) is 22.6 Å². The Bertz CT molecular complexity index is 747. The molecule has 5 heteroatoms. The van der Waals surface area contributed by atoms with Gasteiger partial charge in [-0.2, -0.15) is 0 Å². The highest BCUT2D eigenvalue weighted by Gasteiger charge is 2.53. The summed E-state index contributed by atoms with van der Waals surface area (Å²) in [5.74, 6) is 0.534. The molecule has 0 unspecified atom stereocenters. The van der Waals surface area contributed by atoms with Gasteiger partial charge in [-0.3, -0.25) is 14.5 Å². The molecule has 29 heavy (non-hydrogen) atoms. The van der Waals surface area contributed by atoms with E-state index in [0.717, 1.165) is 65.0 Å². The van der Waals surface area contributed by atoms with Gasteiger partial charge in [-0.25, -0.2) is 0 Å². The highest BCUT2D eigenvalue weighted by Crippen LogP contribution is 2.50. The first-order valence-electron chi connectivity index (χ1n) is 11.2. The average molecular weight is 398 g/mol. The lowest BCUT2D eigenvalue weighted by atomic mass is 9.84. The number of nitrogens with zero attached hydrogens (tertiary/aromatic N) is 3. The molecule has 0 spiro atoms. The topological polar surface area (TPSA) is 43.9 Å². The zero-order valence-electron chi connectivity index (χ0n) is 18.2. The van der Waals surface area contributed by atoms with Gasteiger partial charge in [-0.05, 0) is 42.2 Å². The van der Waals surface area contributed by atoms with E-state index in [9.17, 15) is 9.59 Å². The van der Waals surface area contributed by atoms with Crippen LogP contribution in [0.5, 0.6) is 0 Å². The van der Waals surface area contributed by atoms with Crippen molar-refractivity contribution in [1.82, 2.24) is 14.7 Å². The number of carbonyl (C=O) groups is 2. The van der Waals surface area contributed by atoms with Gasteiger partial charge < -0.3 is 9.80 Å². The van der Waals surface area contributed by atoms with Gasteiger partial charge in [0.2, 0.25) is 11.8 Å². The maximum atomic E-state index is 13.3. The molecule has 1 aromatic carbocycles. The molecular weight excluding hydrogens is 362 g/mol. The van der Waals surface area contributed by atoms with E-state index < -0.39 is 0 Å². The van der Waals surface area contributed by atoms with Gasteiger partial charge in [0, 0.05) is 39.3 Å². The van der Waals surface area contributed by atoms with Crippen molar-refractivity contribution in [3.63, 3.8) is 0 Å². The highest BCUT2D eigenvalue weighted by molar-refractivity contribution is 5.91. The van der Waals surface area contributed by atoms with Crippen molar-refractivity contribution in [1.29, 1.82) is 0 Å². The lowest BCUT2D eigenvalue weighted by molar-refractivity contribution is -0.136. The second-order valence-corrected chi connectivity index (χ2v) is 10.1. The SMILES string of the molecule is CC(C)(C)c1ccc(C2(C(=O)N3CCN(CC(=O)N4CCCC4)CC3)CC2)cc1. The molecule has 2 amide bonds. The molecule has 2 aliphatic heterocycles. The smallest absolute Gasteiger partial charge is 0.236 e. The summed E-state index contributed by atoms with van der Waals surface area (Å²) in [6, 6.07) is 8.70. The molecule has 1 saturated carbocycles. The van der Waals surface area contributed by atoms with E-state index >= 15 is 0 Å². The number of likely N-dealkylation sites (tertiary alicyclic amines) is 1. The van der Waals surface area contributed by atoms with Crippen molar-refractivity contribution in [2.75, 3.05) is 45.8 Å². The lowest BCUT2D eigenvalue weighted by Crippen LogP contribution is -2.53. The Morgan fingerprint density at radius 1 is 0.862 bits per heavy atom. The van der Waals surface area contributed by atoms with Crippen LogP contribution in [0.1, 0.15) is 57.6 Å². The third-order valence-electron chi connectivity index (χ3n) is 6.94. The van der Waals surface area contributed by atoms with Crippen LogP contribution in [0.25, 0.3) is 0 Å². The van der Waals surface area contributed by atoms with E-state index in [2.05, 4.69) is 49.9 Å². The van der Waals surface area contributed by atoms with Crippen molar-refractivity contribution in [3.8, 4) is 0 Å². The van der Waals surface area contributed by atoms with E-state index in [1.165, 1.54) is 11.1 Å². The Balaban J connectivity index is 1.34. The summed E-state index contributed by atoms with van der Waals surface area (Å²) < 4.78 is 0. The highest BCUT2D eigenvalue weighted by atomic mass is 16.2. The first kappa shape index (κ1) is 20.4. The minimum absolute atomic E-state index is 0.127. The summed E-state index contributed by atoms with van der Waals surface area (Å²) in [6.45, 7) is 12.0. The molecule has 158 valence electrons. The van der Waals surface area contributed by atoms with Crippen LogP contribution in [0, 0.1) is 0 Å². The minimum atomic E-state index is -0.302. The molecule has 0 N–H and O–H groups in total. The molecule has 1 aliphatic carbocycles. The van der Waals surface area contributed by atoms with Crippen LogP contribution in [-0.4, -0.2) is 72.3 Å². The predicted molar refractivity (Wildman–Crippen MR) is 115 cm³/mol. The molecule has 2 heterocycles. The van der Waals surface area contributed by atoms with Crippen LogP contribution in [0.3, 0.4) is 0 Å². The van der Waals surface area contributed by atoms with Crippen molar-refractivity contribution in [3.05, 3.63) is 35.4 Å². The molecule has 0 bridgehead atoms. The summed E-state index contributed by atoms with van der Waals surface area (Å²) in [5.41, 5.74) is 2.30. The van der Waals surface area contributed by atoms with Crippen LogP contribution in [0.15, 0.2) is 24.3 Å². The van der Waals surface area contributed by atoms with Gasteiger partial charge in [0.1, 0.15) is 0 Å². The zero-order chi connectivity index (χ0) is 20.6. The maximum absolute atomic E-state index is 13.3. The summed E-state index contributed by atoms with van der Waals surface area (Å²) >= 11 is 0. The Labute approximate surface area is 175 Å². The van der Waals surface area contributed by atoms with Gasteiger partial charge in [0.25, 0.3) is 0 Å². The number of rotatable bonds is 4. The monoisotopic (exact) mass is 397 g/mol. The van der Waals surface area contributed by atoms with Crippen molar-refractivity contribution < 1.29 is 9.59 Å². The molecule has 1 aromatic rings. The Morgan fingerprint density at radius 2 is 1.45 bits per heavy atom. The second-order valence-electron chi connectivity index (χ2n) is 10.1. The number of hydrogen-bond donors (Lipinski definition) is 0. The molecule has 3 aliphatic rings. The van der Waals surface area contributed by atoms with E-state index in [1.54, 1.807) is 0 Å². The predicted octanol–water partition coefficient (Wildman–Crippen LogP) is 2.78. The van der Waals surface area contributed by atoms with Crippen LogP contribution >= 0.6 is 0 Å².